The van der Waals surface area contributed by atoms with E-state index in [4.69, 9.17) is 16.3 Å². The van der Waals surface area contributed by atoms with Crippen LogP contribution in [-0.2, 0) is 17.6 Å². The van der Waals surface area contributed by atoms with Gasteiger partial charge in [0, 0.05) is 6.61 Å². The summed E-state index contributed by atoms with van der Waals surface area (Å²) in [5.74, 6) is 0.559. The van der Waals surface area contributed by atoms with Gasteiger partial charge in [-0.3, -0.25) is 0 Å². The van der Waals surface area contributed by atoms with Crippen molar-refractivity contribution in [1.82, 2.24) is 0 Å². The van der Waals surface area contributed by atoms with Crippen LogP contribution in [-0.4, -0.2) is 12.7 Å². The maximum atomic E-state index is 6.61. The minimum absolute atomic E-state index is 0.0151. The molecule has 18 heavy (non-hydrogen) atoms. The van der Waals surface area contributed by atoms with Crippen molar-refractivity contribution in [1.29, 1.82) is 0 Å². The first-order chi connectivity index (χ1) is 8.67. The highest BCUT2D eigenvalue weighted by Crippen LogP contribution is 2.36. The monoisotopic (exact) mass is 266 g/mol. The molecule has 0 bridgehead atoms. The summed E-state index contributed by atoms with van der Waals surface area (Å²) in [5, 5.41) is -0.0151. The Morgan fingerprint density at radius 2 is 2.00 bits per heavy atom. The molecule has 1 saturated heterocycles. The fourth-order valence-electron chi connectivity index (χ4n) is 2.77. The first kappa shape index (κ1) is 13.9. The van der Waals surface area contributed by atoms with Crippen LogP contribution in [0.15, 0.2) is 18.2 Å². The first-order valence-corrected chi connectivity index (χ1v) is 7.48. The van der Waals surface area contributed by atoms with Gasteiger partial charge in [0.15, 0.2) is 0 Å². The van der Waals surface area contributed by atoms with Crippen molar-refractivity contribution in [3.05, 3.63) is 34.9 Å². The molecular formula is C16H23ClO. The van der Waals surface area contributed by atoms with Gasteiger partial charge in [-0.2, -0.15) is 0 Å². The van der Waals surface area contributed by atoms with Gasteiger partial charge in [-0.15, -0.1) is 11.6 Å². The molecule has 3 unspecified atom stereocenters. The topological polar surface area (TPSA) is 9.23 Å². The van der Waals surface area contributed by atoms with Crippen molar-refractivity contribution >= 4 is 11.6 Å². The van der Waals surface area contributed by atoms with E-state index in [9.17, 15) is 0 Å². The normalized spacial score (nSPS) is 25.3. The van der Waals surface area contributed by atoms with Gasteiger partial charge >= 0.3 is 0 Å². The lowest BCUT2D eigenvalue weighted by Gasteiger charge is -2.22. The van der Waals surface area contributed by atoms with Crippen molar-refractivity contribution in [3.63, 3.8) is 0 Å². The summed E-state index contributed by atoms with van der Waals surface area (Å²) in [6, 6.07) is 6.66. The van der Waals surface area contributed by atoms with Gasteiger partial charge < -0.3 is 4.74 Å². The van der Waals surface area contributed by atoms with E-state index in [0.29, 0.717) is 5.92 Å². The second-order valence-corrected chi connectivity index (χ2v) is 5.71. The van der Waals surface area contributed by atoms with Crippen molar-refractivity contribution in [2.45, 2.75) is 51.5 Å². The molecule has 2 rings (SSSR count). The molecule has 0 aliphatic carbocycles. The van der Waals surface area contributed by atoms with E-state index in [2.05, 4.69) is 39.0 Å². The molecule has 1 aromatic rings. The van der Waals surface area contributed by atoms with Crippen LogP contribution in [0.1, 0.15) is 49.3 Å². The van der Waals surface area contributed by atoms with Crippen LogP contribution in [0.4, 0.5) is 0 Å². The van der Waals surface area contributed by atoms with Crippen molar-refractivity contribution in [3.8, 4) is 0 Å². The maximum Gasteiger partial charge on any atom is 0.0850 e. The number of aryl methyl sites for hydroxylation is 2. The zero-order valence-corrected chi connectivity index (χ0v) is 12.3. The lowest BCUT2D eigenvalue weighted by Crippen LogP contribution is -2.19. The van der Waals surface area contributed by atoms with Gasteiger partial charge in [-0.05, 0) is 41.9 Å². The minimum Gasteiger partial charge on any atom is -0.376 e. The predicted octanol–water partition coefficient (Wildman–Crippen LogP) is 4.52. The third-order valence-electron chi connectivity index (χ3n) is 4.04. The number of benzene rings is 1. The second kappa shape index (κ2) is 6.08. The molecule has 0 amide bonds. The second-order valence-electron chi connectivity index (χ2n) is 5.24. The Bertz CT molecular complexity index is 402. The number of hydrogen-bond acceptors (Lipinski definition) is 1. The lowest BCUT2D eigenvalue weighted by atomic mass is 9.93. The summed E-state index contributed by atoms with van der Waals surface area (Å²) < 4.78 is 5.78. The fourth-order valence-corrected chi connectivity index (χ4v) is 3.23. The van der Waals surface area contributed by atoms with Gasteiger partial charge in [0.2, 0.25) is 0 Å². The van der Waals surface area contributed by atoms with Gasteiger partial charge in [-0.1, -0.05) is 39.0 Å². The molecule has 1 aromatic carbocycles. The van der Waals surface area contributed by atoms with Crippen LogP contribution in [0, 0.1) is 5.92 Å². The van der Waals surface area contributed by atoms with E-state index in [-0.39, 0.29) is 11.5 Å². The standard InChI is InChI=1S/C16H23ClO/c1-4-12-6-7-14(10-13(12)5-2)15(17)16-11(3)8-9-18-16/h6-7,10-11,15-16H,4-5,8-9H2,1-3H3. The zero-order valence-electron chi connectivity index (χ0n) is 11.6. The Balaban J connectivity index is 2.22. The number of ether oxygens (including phenoxy) is 1. The molecule has 1 aliphatic rings. The summed E-state index contributed by atoms with van der Waals surface area (Å²) in [6.07, 6.45) is 3.46. The zero-order chi connectivity index (χ0) is 13.1. The average molecular weight is 267 g/mol. The maximum absolute atomic E-state index is 6.61. The molecule has 0 saturated carbocycles. The molecule has 0 aromatic heterocycles. The molecule has 1 fully saturated rings. The van der Waals surface area contributed by atoms with Crippen LogP contribution >= 0.6 is 11.6 Å². The van der Waals surface area contributed by atoms with Crippen LogP contribution < -0.4 is 0 Å². The summed E-state index contributed by atoms with van der Waals surface area (Å²) in [4.78, 5) is 0. The van der Waals surface area contributed by atoms with Gasteiger partial charge in [0.1, 0.15) is 0 Å². The quantitative estimate of drug-likeness (QED) is 0.729. The van der Waals surface area contributed by atoms with E-state index in [1.165, 1.54) is 16.7 Å². The van der Waals surface area contributed by atoms with Gasteiger partial charge in [0.05, 0.1) is 11.5 Å². The molecule has 1 aliphatic heterocycles. The van der Waals surface area contributed by atoms with Crippen molar-refractivity contribution < 1.29 is 4.74 Å². The lowest BCUT2D eigenvalue weighted by molar-refractivity contribution is 0.0903. The third kappa shape index (κ3) is 2.73. The van der Waals surface area contributed by atoms with Crippen LogP contribution in [0.3, 0.4) is 0 Å². The SMILES string of the molecule is CCc1ccc(C(Cl)C2OCCC2C)cc1CC. The Kier molecular flexibility index (Phi) is 4.69. The number of hydrogen-bond donors (Lipinski definition) is 0. The fraction of sp³-hybridized carbons (Fsp3) is 0.625. The Labute approximate surface area is 115 Å². The largest absolute Gasteiger partial charge is 0.376 e. The van der Waals surface area contributed by atoms with E-state index < -0.39 is 0 Å². The molecule has 3 atom stereocenters. The van der Waals surface area contributed by atoms with Crippen LogP contribution in [0.5, 0.6) is 0 Å². The smallest absolute Gasteiger partial charge is 0.0850 e. The highest BCUT2D eigenvalue weighted by Gasteiger charge is 2.31. The first-order valence-electron chi connectivity index (χ1n) is 7.04. The Hall–Kier alpha value is -0.530. The van der Waals surface area contributed by atoms with Crippen molar-refractivity contribution in [2.75, 3.05) is 6.61 Å². The molecule has 1 nitrogen and oxygen atoms in total. The molecule has 0 spiro atoms. The Morgan fingerprint density at radius 1 is 1.28 bits per heavy atom. The molecule has 100 valence electrons. The van der Waals surface area contributed by atoms with E-state index in [0.717, 1.165) is 25.9 Å². The number of rotatable bonds is 4. The minimum atomic E-state index is -0.0151. The molecular weight excluding hydrogens is 244 g/mol. The van der Waals surface area contributed by atoms with E-state index in [1.54, 1.807) is 0 Å². The molecule has 1 heterocycles. The van der Waals surface area contributed by atoms with Crippen LogP contribution in [0.25, 0.3) is 0 Å². The van der Waals surface area contributed by atoms with Crippen molar-refractivity contribution in [2.24, 2.45) is 5.92 Å². The van der Waals surface area contributed by atoms with E-state index in [1.807, 2.05) is 0 Å². The highest BCUT2D eigenvalue weighted by molar-refractivity contribution is 6.21. The molecule has 0 radical (unpaired) electrons. The third-order valence-corrected chi connectivity index (χ3v) is 4.54. The Morgan fingerprint density at radius 3 is 2.56 bits per heavy atom. The van der Waals surface area contributed by atoms with Crippen LogP contribution in [0.2, 0.25) is 0 Å². The predicted molar refractivity (Wildman–Crippen MR) is 77.3 cm³/mol. The summed E-state index contributed by atoms with van der Waals surface area (Å²) in [6.45, 7) is 7.49. The summed E-state index contributed by atoms with van der Waals surface area (Å²) >= 11 is 6.61. The molecule has 0 N–H and O–H groups in total. The summed E-state index contributed by atoms with van der Waals surface area (Å²) in [5.41, 5.74) is 4.07. The molecule has 2 heteroatoms. The highest BCUT2D eigenvalue weighted by atomic mass is 35.5. The number of alkyl halides is 1. The van der Waals surface area contributed by atoms with Gasteiger partial charge in [0.25, 0.3) is 0 Å². The number of halogens is 1. The van der Waals surface area contributed by atoms with E-state index >= 15 is 0 Å². The summed E-state index contributed by atoms with van der Waals surface area (Å²) in [7, 11) is 0. The average Bonchev–Trinajstić information content (AvgIpc) is 2.83. The van der Waals surface area contributed by atoms with Gasteiger partial charge in [-0.25, -0.2) is 0 Å².